The van der Waals surface area contributed by atoms with E-state index in [0.717, 1.165) is 12.0 Å². The van der Waals surface area contributed by atoms with Crippen molar-refractivity contribution in [3.05, 3.63) is 34.6 Å². The molecule has 1 aromatic rings. The van der Waals surface area contributed by atoms with Crippen LogP contribution in [0.4, 0.5) is 4.39 Å². The number of hydrogen-bond acceptors (Lipinski definition) is 2. The van der Waals surface area contributed by atoms with Gasteiger partial charge in [0.05, 0.1) is 0 Å². The van der Waals surface area contributed by atoms with Gasteiger partial charge in [-0.3, -0.25) is 11.3 Å². The summed E-state index contributed by atoms with van der Waals surface area (Å²) in [6.07, 6.45) is 6.93. The van der Waals surface area contributed by atoms with Gasteiger partial charge in [0.2, 0.25) is 0 Å². The minimum absolute atomic E-state index is 0.177. The number of rotatable bonds is 4. The third kappa shape index (κ3) is 3.47. The average Bonchev–Trinajstić information content (AvgIpc) is 2.38. The summed E-state index contributed by atoms with van der Waals surface area (Å²) in [5.41, 5.74) is 4.11. The summed E-state index contributed by atoms with van der Waals surface area (Å²) in [6, 6.07) is 4.76. The van der Waals surface area contributed by atoms with Crippen molar-refractivity contribution in [2.24, 2.45) is 11.3 Å². The zero-order valence-corrected chi connectivity index (χ0v) is 12.1. The quantitative estimate of drug-likeness (QED) is 0.651. The summed E-state index contributed by atoms with van der Waals surface area (Å²) in [4.78, 5) is 0. The maximum Gasteiger partial charge on any atom is 0.124 e. The molecule has 3 N–H and O–H groups in total. The largest absolute Gasteiger partial charge is 0.271 e. The monoisotopic (exact) mass is 284 g/mol. The Morgan fingerprint density at radius 1 is 1.37 bits per heavy atom. The number of hydrazine groups is 1. The predicted molar refractivity (Wildman–Crippen MR) is 77.4 cm³/mol. The van der Waals surface area contributed by atoms with Gasteiger partial charge in [0.25, 0.3) is 0 Å². The molecule has 19 heavy (non-hydrogen) atoms. The lowest BCUT2D eigenvalue weighted by Gasteiger charge is -2.40. The lowest BCUT2D eigenvalue weighted by molar-refractivity contribution is 0.144. The average molecular weight is 285 g/mol. The molecule has 0 amide bonds. The summed E-state index contributed by atoms with van der Waals surface area (Å²) < 4.78 is 13.1. The maximum absolute atomic E-state index is 13.1. The highest BCUT2D eigenvalue weighted by molar-refractivity contribution is 6.31. The van der Waals surface area contributed by atoms with Gasteiger partial charge in [0.15, 0.2) is 0 Å². The molecule has 0 spiro atoms. The molecular weight excluding hydrogens is 263 g/mol. The van der Waals surface area contributed by atoms with Crippen LogP contribution in [0, 0.1) is 11.2 Å². The Bertz CT molecular complexity index is 430. The molecule has 106 valence electrons. The first-order valence-corrected chi connectivity index (χ1v) is 7.33. The number of halogens is 2. The van der Waals surface area contributed by atoms with E-state index in [1.165, 1.54) is 44.2 Å². The molecule has 0 saturated heterocycles. The van der Waals surface area contributed by atoms with Gasteiger partial charge in [-0.1, -0.05) is 43.9 Å². The van der Waals surface area contributed by atoms with Crippen molar-refractivity contribution < 1.29 is 4.39 Å². The van der Waals surface area contributed by atoms with Crippen molar-refractivity contribution in [1.82, 2.24) is 5.43 Å². The molecule has 0 aromatic heterocycles. The number of nitrogens with two attached hydrogens (primary N) is 1. The van der Waals surface area contributed by atoms with Crippen LogP contribution >= 0.6 is 11.6 Å². The fourth-order valence-electron chi connectivity index (χ4n) is 3.12. The van der Waals surface area contributed by atoms with Crippen LogP contribution in [0.25, 0.3) is 0 Å². The van der Waals surface area contributed by atoms with E-state index in [1.54, 1.807) is 6.07 Å². The van der Waals surface area contributed by atoms with Gasteiger partial charge in [0, 0.05) is 11.1 Å². The maximum atomic E-state index is 13.1. The molecular formula is C15H22ClFN2. The second-order valence-electron chi connectivity index (χ2n) is 5.87. The molecule has 1 unspecified atom stereocenters. The Hall–Kier alpha value is -0.640. The van der Waals surface area contributed by atoms with Gasteiger partial charge in [-0.05, 0) is 42.4 Å². The summed E-state index contributed by atoms with van der Waals surface area (Å²) in [6.45, 7) is 2.29. The molecule has 0 radical (unpaired) electrons. The molecule has 1 aliphatic rings. The number of nitrogens with one attached hydrogen (secondary N) is 1. The van der Waals surface area contributed by atoms with Crippen LogP contribution in [0.1, 0.15) is 44.6 Å². The Morgan fingerprint density at radius 3 is 2.63 bits per heavy atom. The third-order valence-corrected chi connectivity index (χ3v) is 4.83. The molecule has 1 aromatic carbocycles. The van der Waals surface area contributed by atoms with Crippen molar-refractivity contribution in [2.75, 3.05) is 0 Å². The van der Waals surface area contributed by atoms with Crippen molar-refractivity contribution in [1.29, 1.82) is 0 Å². The van der Waals surface area contributed by atoms with Crippen LogP contribution < -0.4 is 11.3 Å². The van der Waals surface area contributed by atoms with E-state index < -0.39 is 0 Å². The highest BCUT2D eigenvalue weighted by Crippen LogP contribution is 2.40. The molecule has 2 nitrogen and oxygen atoms in total. The van der Waals surface area contributed by atoms with Gasteiger partial charge < -0.3 is 0 Å². The molecule has 1 fully saturated rings. The minimum Gasteiger partial charge on any atom is -0.271 e. The Labute approximate surface area is 119 Å². The number of hydrogen-bond donors (Lipinski definition) is 2. The van der Waals surface area contributed by atoms with Crippen LogP contribution in [0.2, 0.25) is 5.02 Å². The normalized spacial score (nSPS) is 20.2. The lowest BCUT2D eigenvalue weighted by Crippen LogP contribution is -2.49. The van der Waals surface area contributed by atoms with E-state index in [-0.39, 0.29) is 17.3 Å². The standard InChI is InChI=1S/C15H22ClFN2/c1-15(7-3-2-4-8-15)14(19-18)9-11-5-6-12(17)10-13(11)16/h5-6,10,14,19H,2-4,7-9,18H2,1H3. The molecule has 0 heterocycles. The Balaban J connectivity index is 2.14. The molecule has 1 saturated carbocycles. The fourth-order valence-corrected chi connectivity index (χ4v) is 3.37. The smallest absolute Gasteiger partial charge is 0.124 e. The summed E-state index contributed by atoms with van der Waals surface area (Å²) >= 11 is 6.11. The first-order valence-electron chi connectivity index (χ1n) is 6.95. The summed E-state index contributed by atoms with van der Waals surface area (Å²) in [7, 11) is 0. The predicted octanol–water partition coefficient (Wildman–Crippen LogP) is 3.82. The van der Waals surface area contributed by atoms with E-state index >= 15 is 0 Å². The van der Waals surface area contributed by atoms with Crippen molar-refractivity contribution in [3.8, 4) is 0 Å². The van der Waals surface area contributed by atoms with Crippen LogP contribution in [-0.4, -0.2) is 6.04 Å². The molecule has 0 aliphatic heterocycles. The van der Waals surface area contributed by atoms with E-state index in [9.17, 15) is 4.39 Å². The van der Waals surface area contributed by atoms with Crippen LogP contribution in [0.15, 0.2) is 18.2 Å². The second kappa shape index (κ2) is 6.21. The lowest BCUT2D eigenvalue weighted by atomic mass is 9.69. The topological polar surface area (TPSA) is 38.0 Å². The van der Waals surface area contributed by atoms with Crippen molar-refractivity contribution >= 4 is 11.6 Å². The Morgan fingerprint density at radius 2 is 2.05 bits per heavy atom. The van der Waals surface area contributed by atoms with Crippen LogP contribution in [-0.2, 0) is 6.42 Å². The van der Waals surface area contributed by atoms with Crippen molar-refractivity contribution in [2.45, 2.75) is 51.5 Å². The van der Waals surface area contributed by atoms with Crippen molar-refractivity contribution in [3.63, 3.8) is 0 Å². The van der Waals surface area contributed by atoms with E-state index in [2.05, 4.69) is 12.3 Å². The van der Waals surface area contributed by atoms with Crippen LogP contribution in [0.5, 0.6) is 0 Å². The molecule has 2 rings (SSSR count). The van der Waals surface area contributed by atoms with E-state index in [1.807, 2.05) is 0 Å². The van der Waals surface area contributed by atoms with E-state index in [0.29, 0.717) is 5.02 Å². The van der Waals surface area contributed by atoms with Crippen LogP contribution in [0.3, 0.4) is 0 Å². The van der Waals surface area contributed by atoms with Gasteiger partial charge in [-0.25, -0.2) is 4.39 Å². The zero-order chi connectivity index (χ0) is 13.9. The third-order valence-electron chi connectivity index (χ3n) is 4.48. The fraction of sp³-hybridized carbons (Fsp3) is 0.600. The molecule has 4 heteroatoms. The summed E-state index contributed by atoms with van der Waals surface area (Å²) in [5, 5.41) is 0.486. The summed E-state index contributed by atoms with van der Waals surface area (Å²) in [5.74, 6) is 5.45. The molecule has 0 bridgehead atoms. The number of benzene rings is 1. The van der Waals surface area contributed by atoms with Gasteiger partial charge in [-0.2, -0.15) is 0 Å². The second-order valence-corrected chi connectivity index (χ2v) is 6.28. The first kappa shape index (κ1) is 14.8. The minimum atomic E-state index is -0.296. The van der Waals surface area contributed by atoms with E-state index in [4.69, 9.17) is 17.4 Å². The highest BCUT2D eigenvalue weighted by Gasteiger charge is 2.35. The first-order chi connectivity index (χ1) is 9.05. The SMILES string of the molecule is CC1(C(Cc2ccc(F)cc2Cl)NN)CCCCC1. The Kier molecular flexibility index (Phi) is 4.82. The van der Waals surface area contributed by atoms with Gasteiger partial charge in [0.1, 0.15) is 5.82 Å². The molecule has 1 atom stereocenters. The molecule has 1 aliphatic carbocycles. The zero-order valence-electron chi connectivity index (χ0n) is 11.4. The highest BCUT2D eigenvalue weighted by atomic mass is 35.5. The van der Waals surface area contributed by atoms with Gasteiger partial charge >= 0.3 is 0 Å². The van der Waals surface area contributed by atoms with Gasteiger partial charge in [-0.15, -0.1) is 0 Å².